The van der Waals surface area contributed by atoms with Crippen molar-refractivity contribution in [2.75, 3.05) is 12.4 Å². The normalized spacial score (nSPS) is 10.6. The first kappa shape index (κ1) is 16.2. The van der Waals surface area contributed by atoms with Crippen LogP contribution in [-0.4, -0.2) is 23.2 Å². The summed E-state index contributed by atoms with van der Waals surface area (Å²) in [6, 6.07) is 9.57. The lowest BCUT2D eigenvalue weighted by Crippen LogP contribution is -2.12. The van der Waals surface area contributed by atoms with Crippen molar-refractivity contribution in [3.8, 4) is 17.2 Å². The first-order valence-electron chi connectivity index (χ1n) is 7.46. The standard InChI is InChI=1S/C17H17N3O3S/c1-11-18-16(23-20-11)14-9-10-24-17(14)19-15(21)8-5-12-3-6-13(22-2)7-4-12/h3-4,6-7,9-10H,5,8H2,1-2H3,(H,19,21). The molecule has 0 spiro atoms. The Hall–Kier alpha value is -2.67. The number of methoxy groups -OCH3 is 1. The van der Waals surface area contributed by atoms with Gasteiger partial charge >= 0.3 is 0 Å². The molecule has 2 heterocycles. The third-order valence-electron chi connectivity index (χ3n) is 3.48. The fraction of sp³-hybridized carbons (Fsp3) is 0.235. The lowest BCUT2D eigenvalue weighted by atomic mass is 10.1. The van der Waals surface area contributed by atoms with Crippen molar-refractivity contribution in [2.24, 2.45) is 0 Å². The second kappa shape index (κ2) is 7.27. The van der Waals surface area contributed by atoms with Crippen molar-refractivity contribution in [3.63, 3.8) is 0 Å². The van der Waals surface area contributed by atoms with E-state index in [4.69, 9.17) is 9.26 Å². The number of aryl methyl sites for hydroxylation is 2. The molecule has 7 heteroatoms. The number of carbonyl (C=O) groups is 1. The molecule has 1 aromatic carbocycles. The van der Waals surface area contributed by atoms with Crippen LogP contribution in [0.15, 0.2) is 40.2 Å². The van der Waals surface area contributed by atoms with Crippen LogP contribution in [0.5, 0.6) is 5.75 Å². The molecular formula is C17H17N3O3S. The van der Waals surface area contributed by atoms with Crippen LogP contribution < -0.4 is 10.1 Å². The predicted molar refractivity (Wildman–Crippen MR) is 92.3 cm³/mol. The number of nitrogens with one attached hydrogen (secondary N) is 1. The van der Waals surface area contributed by atoms with E-state index in [1.807, 2.05) is 35.7 Å². The third-order valence-corrected chi connectivity index (χ3v) is 4.31. The summed E-state index contributed by atoms with van der Waals surface area (Å²) in [5, 5.41) is 9.30. The first-order chi connectivity index (χ1) is 11.7. The number of hydrogen-bond donors (Lipinski definition) is 1. The zero-order valence-corrected chi connectivity index (χ0v) is 14.2. The Morgan fingerprint density at radius 3 is 2.75 bits per heavy atom. The van der Waals surface area contributed by atoms with Crippen molar-refractivity contribution in [2.45, 2.75) is 19.8 Å². The fourth-order valence-corrected chi connectivity index (χ4v) is 3.02. The van der Waals surface area contributed by atoms with Gasteiger partial charge in [0.1, 0.15) is 10.8 Å². The number of carbonyl (C=O) groups excluding carboxylic acids is 1. The molecule has 6 nitrogen and oxygen atoms in total. The van der Waals surface area contributed by atoms with Crippen molar-refractivity contribution < 1.29 is 14.1 Å². The number of rotatable bonds is 6. The summed E-state index contributed by atoms with van der Waals surface area (Å²) in [4.78, 5) is 16.4. The molecule has 1 amide bonds. The van der Waals surface area contributed by atoms with E-state index in [0.717, 1.165) is 21.9 Å². The monoisotopic (exact) mass is 343 g/mol. The number of thiophene rings is 1. The summed E-state index contributed by atoms with van der Waals surface area (Å²) < 4.78 is 10.3. The molecular weight excluding hydrogens is 326 g/mol. The summed E-state index contributed by atoms with van der Waals surface area (Å²) >= 11 is 1.43. The number of hydrogen-bond acceptors (Lipinski definition) is 6. The van der Waals surface area contributed by atoms with Gasteiger partial charge in [-0.15, -0.1) is 11.3 Å². The number of nitrogens with zero attached hydrogens (tertiary/aromatic N) is 2. The Morgan fingerprint density at radius 2 is 2.08 bits per heavy atom. The molecule has 1 N–H and O–H groups in total. The average Bonchev–Trinajstić information content (AvgIpc) is 3.22. The summed E-state index contributed by atoms with van der Waals surface area (Å²) in [7, 11) is 1.63. The second-order valence-corrected chi connectivity index (χ2v) is 6.12. The Kier molecular flexibility index (Phi) is 4.90. The van der Waals surface area contributed by atoms with E-state index in [1.54, 1.807) is 14.0 Å². The highest BCUT2D eigenvalue weighted by atomic mass is 32.1. The van der Waals surface area contributed by atoms with E-state index >= 15 is 0 Å². The Morgan fingerprint density at radius 1 is 1.29 bits per heavy atom. The van der Waals surface area contributed by atoms with Crippen LogP contribution in [0.25, 0.3) is 11.5 Å². The lowest BCUT2D eigenvalue weighted by Gasteiger charge is -2.05. The largest absolute Gasteiger partial charge is 0.497 e. The Bertz CT molecular complexity index is 824. The highest BCUT2D eigenvalue weighted by Crippen LogP contribution is 2.32. The number of ether oxygens (including phenoxy) is 1. The highest BCUT2D eigenvalue weighted by Gasteiger charge is 2.15. The molecule has 0 saturated heterocycles. The van der Waals surface area contributed by atoms with Crippen molar-refractivity contribution in [3.05, 3.63) is 47.1 Å². The zero-order chi connectivity index (χ0) is 16.9. The van der Waals surface area contributed by atoms with Crippen LogP contribution in [0.3, 0.4) is 0 Å². The molecule has 0 saturated carbocycles. The Labute approximate surface area is 143 Å². The molecule has 0 atom stereocenters. The van der Waals surface area contributed by atoms with Gasteiger partial charge in [-0.25, -0.2) is 0 Å². The smallest absolute Gasteiger partial charge is 0.260 e. The second-order valence-electron chi connectivity index (χ2n) is 5.21. The maximum Gasteiger partial charge on any atom is 0.260 e. The van der Waals surface area contributed by atoms with E-state index in [-0.39, 0.29) is 5.91 Å². The summed E-state index contributed by atoms with van der Waals surface area (Å²) in [5.41, 5.74) is 1.84. The number of amides is 1. The third kappa shape index (κ3) is 3.80. The van der Waals surface area contributed by atoms with Crippen molar-refractivity contribution in [1.29, 1.82) is 0 Å². The maximum absolute atomic E-state index is 12.2. The predicted octanol–water partition coefficient (Wildman–Crippen LogP) is 3.69. The minimum absolute atomic E-state index is 0.0502. The van der Waals surface area contributed by atoms with Crippen molar-refractivity contribution >= 4 is 22.2 Å². The summed E-state index contributed by atoms with van der Waals surface area (Å²) in [5.74, 6) is 1.74. The fourth-order valence-electron chi connectivity index (χ4n) is 2.22. The van der Waals surface area contributed by atoms with Gasteiger partial charge in [-0.05, 0) is 42.5 Å². The van der Waals surface area contributed by atoms with Gasteiger partial charge in [0.15, 0.2) is 5.82 Å². The minimum Gasteiger partial charge on any atom is -0.497 e. The van der Waals surface area contributed by atoms with Gasteiger partial charge in [-0.3, -0.25) is 4.79 Å². The lowest BCUT2D eigenvalue weighted by molar-refractivity contribution is -0.116. The zero-order valence-electron chi connectivity index (χ0n) is 13.4. The molecule has 0 aliphatic heterocycles. The molecule has 0 unspecified atom stereocenters. The molecule has 0 fully saturated rings. The van der Waals surface area contributed by atoms with Crippen LogP contribution in [0.1, 0.15) is 17.8 Å². The van der Waals surface area contributed by atoms with Gasteiger partial charge in [0.25, 0.3) is 5.89 Å². The molecule has 3 rings (SSSR count). The van der Waals surface area contributed by atoms with E-state index in [1.165, 1.54) is 11.3 Å². The van der Waals surface area contributed by atoms with Crippen LogP contribution in [-0.2, 0) is 11.2 Å². The van der Waals surface area contributed by atoms with Crippen molar-refractivity contribution in [1.82, 2.24) is 10.1 Å². The van der Waals surface area contributed by atoms with E-state index in [0.29, 0.717) is 24.6 Å². The van der Waals surface area contributed by atoms with Crippen LogP contribution in [0.2, 0.25) is 0 Å². The topological polar surface area (TPSA) is 77.2 Å². The summed E-state index contributed by atoms with van der Waals surface area (Å²) in [6.45, 7) is 1.76. The van der Waals surface area contributed by atoms with E-state index < -0.39 is 0 Å². The SMILES string of the molecule is COc1ccc(CCC(=O)Nc2sccc2-c2nc(C)no2)cc1. The number of anilines is 1. The molecule has 0 aliphatic carbocycles. The van der Waals surface area contributed by atoms with E-state index in [9.17, 15) is 4.79 Å². The molecule has 124 valence electrons. The minimum atomic E-state index is -0.0502. The van der Waals surface area contributed by atoms with Gasteiger partial charge in [-0.2, -0.15) is 4.98 Å². The molecule has 0 radical (unpaired) electrons. The van der Waals surface area contributed by atoms with Crippen LogP contribution >= 0.6 is 11.3 Å². The molecule has 0 bridgehead atoms. The number of aromatic nitrogens is 2. The molecule has 2 aromatic heterocycles. The first-order valence-corrected chi connectivity index (χ1v) is 8.34. The van der Waals surface area contributed by atoms with E-state index in [2.05, 4.69) is 15.5 Å². The number of benzene rings is 1. The molecule has 24 heavy (non-hydrogen) atoms. The van der Waals surface area contributed by atoms with Gasteiger partial charge < -0.3 is 14.6 Å². The quantitative estimate of drug-likeness (QED) is 0.738. The van der Waals surface area contributed by atoms with Gasteiger partial charge in [0, 0.05) is 6.42 Å². The highest BCUT2D eigenvalue weighted by molar-refractivity contribution is 7.15. The average molecular weight is 343 g/mol. The van der Waals surface area contributed by atoms with Gasteiger partial charge in [-0.1, -0.05) is 17.3 Å². The summed E-state index contributed by atoms with van der Waals surface area (Å²) in [6.07, 6.45) is 1.06. The van der Waals surface area contributed by atoms with Gasteiger partial charge in [0.05, 0.1) is 12.7 Å². The Balaban J connectivity index is 1.60. The maximum atomic E-state index is 12.2. The molecule has 0 aliphatic rings. The van der Waals surface area contributed by atoms with Crippen LogP contribution in [0, 0.1) is 6.92 Å². The van der Waals surface area contributed by atoms with Gasteiger partial charge in [0.2, 0.25) is 5.91 Å². The molecule has 3 aromatic rings. The van der Waals surface area contributed by atoms with Crippen LogP contribution in [0.4, 0.5) is 5.00 Å².